The fraction of sp³-hybridized carbons (Fsp3) is 0.769. The van der Waals surface area contributed by atoms with Gasteiger partial charge in [-0.25, -0.2) is 4.79 Å². The molecule has 2 aliphatic rings. The summed E-state index contributed by atoms with van der Waals surface area (Å²) in [5.41, 5.74) is 0. The van der Waals surface area contributed by atoms with Crippen LogP contribution in [0.25, 0.3) is 0 Å². The predicted octanol–water partition coefficient (Wildman–Crippen LogP) is -1.23. The van der Waals surface area contributed by atoms with Gasteiger partial charge in [0, 0.05) is 32.7 Å². The summed E-state index contributed by atoms with van der Waals surface area (Å²) in [7, 11) is 1.30. The molecule has 1 atom stereocenters. The van der Waals surface area contributed by atoms with E-state index < -0.39 is 17.9 Å². The monoisotopic (exact) mass is 298 g/mol. The van der Waals surface area contributed by atoms with Crippen molar-refractivity contribution in [3.8, 4) is 0 Å². The molecule has 1 unspecified atom stereocenters. The van der Waals surface area contributed by atoms with Crippen molar-refractivity contribution in [3.05, 3.63) is 0 Å². The first-order chi connectivity index (χ1) is 10.1. The van der Waals surface area contributed by atoms with Gasteiger partial charge in [-0.05, 0) is 19.4 Å². The molecule has 3 amide bonds. The van der Waals surface area contributed by atoms with Gasteiger partial charge in [0.25, 0.3) is 0 Å². The van der Waals surface area contributed by atoms with Crippen molar-refractivity contribution in [2.75, 3.05) is 46.4 Å². The first-order valence-corrected chi connectivity index (χ1v) is 7.25. The normalized spacial score (nSPS) is 22.6. The predicted molar refractivity (Wildman–Crippen MR) is 74.6 cm³/mol. The van der Waals surface area contributed by atoms with E-state index in [9.17, 15) is 14.4 Å². The Labute approximate surface area is 123 Å². The Morgan fingerprint density at radius 1 is 1.10 bits per heavy atom. The zero-order chi connectivity index (χ0) is 15.2. The minimum absolute atomic E-state index is 0.153. The van der Waals surface area contributed by atoms with Crippen LogP contribution in [0, 0.1) is 0 Å². The lowest BCUT2D eigenvalue weighted by molar-refractivity contribution is -0.151. The van der Waals surface area contributed by atoms with E-state index in [1.807, 2.05) is 0 Å². The number of amides is 3. The molecule has 8 nitrogen and oxygen atoms in total. The van der Waals surface area contributed by atoms with Gasteiger partial charge in [-0.2, -0.15) is 0 Å². The van der Waals surface area contributed by atoms with Crippen molar-refractivity contribution < 1.29 is 19.1 Å². The van der Waals surface area contributed by atoms with Crippen LogP contribution in [0.15, 0.2) is 0 Å². The molecular weight excluding hydrogens is 276 g/mol. The van der Waals surface area contributed by atoms with Crippen LogP contribution in [0.1, 0.15) is 12.8 Å². The molecule has 0 bridgehead atoms. The minimum atomic E-state index is -0.515. The third-order valence-electron chi connectivity index (χ3n) is 3.79. The summed E-state index contributed by atoms with van der Waals surface area (Å²) in [6.07, 6.45) is 0.973. The van der Waals surface area contributed by atoms with E-state index in [1.54, 1.807) is 4.90 Å². The molecule has 8 heteroatoms. The molecule has 0 aromatic heterocycles. The number of carbonyl (C=O) groups is 3. The third-order valence-corrected chi connectivity index (χ3v) is 3.79. The molecule has 2 saturated heterocycles. The van der Waals surface area contributed by atoms with Crippen molar-refractivity contribution in [1.82, 2.24) is 20.4 Å². The Morgan fingerprint density at radius 2 is 1.86 bits per heavy atom. The molecular formula is C13H22N4O4. The second kappa shape index (κ2) is 7.26. The van der Waals surface area contributed by atoms with Crippen LogP contribution in [0.2, 0.25) is 0 Å². The second-order valence-electron chi connectivity index (χ2n) is 5.27. The van der Waals surface area contributed by atoms with E-state index in [0.717, 1.165) is 13.0 Å². The van der Waals surface area contributed by atoms with Gasteiger partial charge in [0.15, 0.2) is 0 Å². The largest absolute Gasteiger partial charge is 0.453 e. The zero-order valence-electron chi connectivity index (χ0n) is 12.3. The van der Waals surface area contributed by atoms with Crippen LogP contribution in [-0.2, 0) is 14.3 Å². The molecule has 0 aliphatic carbocycles. The van der Waals surface area contributed by atoms with Crippen molar-refractivity contribution in [3.63, 3.8) is 0 Å². The van der Waals surface area contributed by atoms with Gasteiger partial charge in [0.05, 0.1) is 13.2 Å². The second-order valence-corrected chi connectivity index (χ2v) is 5.27. The van der Waals surface area contributed by atoms with E-state index in [4.69, 9.17) is 0 Å². The van der Waals surface area contributed by atoms with Gasteiger partial charge >= 0.3 is 17.9 Å². The lowest BCUT2D eigenvalue weighted by atomic mass is 10.3. The molecule has 0 aromatic rings. The van der Waals surface area contributed by atoms with E-state index >= 15 is 0 Å². The average Bonchev–Trinajstić information content (AvgIpc) is 2.78. The van der Waals surface area contributed by atoms with E-state index in [1.165, 1.54) is 12.0 Å². The van der Waals surface area contributed by atoms with Gasteiger partial charge in [-0.15, -0.1) is 0 Å². The maximum atomic E-state index is 12.2. The number of nitrogens with one attached hydrogen (secondary N) is 2. The first kappa shape index (κ1) is 15.6. The Hall–Kier alpha value is -1.83. The first-order valence-electron chi connectivity index (χ1n) is 7.25. The molecule has 2 N–H and O–H groups in total. The molecule has 0 radical (unpaired) electrons. The molecule has 21 heavy (non-hydrogen) atoms. The Morgan fingerprint density at radius 3 is 2.62 bits per heavy atom. The van der Waals surface area contributed by atoms with E-state index in [-0.39, 0.29) is 6.04 Å². The maximum absolute atomic E-state index is 12.2. The summed E-state index contributed by atoms with van der Waals surface area (Å²) in [6.45, 7) is 3.58. The highest BCUT2D eigenvalue weighted by Crippen LogP contribution is 2.11. The number of alkyl carbamates (subject to hydrolysis) is 1. The molecule has 2 fully saturated rings. The summed E-state index contributed by atoms with van der Waals surface area (Å²) in [4.78, 5) is 38.7. The van der Waals surface area contributed by atoms with Crippen molar-refractivity contribution in [1.29, 1.82) is 0 Å². The van der Waals surface area contributed by atoms with Gasteiger partial charge in [-0.3, -0.25) is 9.59 Å². The van der Waals surface area contributed by atoms with Gasteiger partial charge in [-0.1, -0.05) is 0 Å². The summed E-state index contributed by atoms with van der Waals surface area (Å²) in [6, 6.07) is -0.153. The highest BCUT2D eigenvalue weighted by atomic mass is 16.5. The number of hydrogen-bond donors (Lipinski definition) is 2. The van der Waals surface area contributed by atoms with Crippen molar-refractivity contribution in [2.24, 2.45) is 0 Å². The Kier molecular flexibility index (Phi) is 5.38. The topological polar surface area (TPSA) is 91.0 Å². The number of likely N-dealkylation sites (tertiary alicyclic amines) is 1. The van der Waals surface area contributed by atoms with Crippen molar-refractivity contribution >= 4 is 17.9 Å². The Bertz CT molecular complexity index is 407. The van der Waals surface area contributed by atoms with Gasteiger partial charge < -0.3 is 25.2 Å². The SMILES string of the molecule is COC(=O)NC1CCN(C(=O)C(=O)N2CCCNCC2)C1. The standard InChI is InChI=1S/C13H22N4O4/c1-21-13(20)15-10-3-7-17(9-10)12(19)11(18)16-6-2-4-14-5-8-16/h10,14H,2-9H2,1H3,(H,15,20). The number of rotatable bonds is 1. The van der Waals surface area contributed by atoms with Gasteiger partial charge in [0.1, 0.15) is 0 Å². The average molecular weight is 298 g/mol. The molecule has 2 rings (SSSR count). The summed E-state index contributed by atoms with van der Waals surface area (Å²) in [5, 5.41) is 5.85. The smallest absolute Gasteiger partial charge is 0.407 e. The highest BCUT2D eigenvalue weighted by molar-refractivity contribution is 6.35. The summed E-state index contributed by atoms with van der Waals surface area (Å²) >= 11 is 0. The van der Waals surface area contributed by atoms with Crippen LogP contribution < -0.4 is 10.6 Å². The lowest BCUT2D eigenvalue weighted by Gasteiger charge is -2.23. The molecule has 2 heterocycles. The number of methoxy groups -OCH3 is 1. The van der Waals surface area contributed by atoms with Crippen LogP contribution in [0.5, 0.6) is 0 Å². The fourth-order valence-corrected chi connectivity index (χ4v) is 2.61. The Balaban J connectivity index is 1.85. The third kappa shape index (κ3) is 4.07. The zero-order valence-corrected chi connectivity index (χ0v) is 12.3. The van der Waals surface area contributed by atoms with E-state index in [0.29, 0.717) is 39.1 Å². The number of carbonyl (C=O) groups excluding carboxylic acids is 3. The van der Waals surface area contributed by atoms with Crippen LogP contribution >= 0.6 is 0 Å². The molecule has 0 aromatic carbocycles. The minimum Gasteiger partial charge on any atom is -0.453 e. The maximum Gasteiger partial charge on any atom is 0.407 e. The quantitative estimate of drug-likeness (QED) is 0.591. The number of hydrogen-bond acceptors (Lipinski definition) is 5. The molecule has 2 aliphatic heterocycles. The molecule has 0 saturated carbocycles. The summed E-state index contributed by atoms with van der Waals surface area (Å²) < 4.78 is 4.53. The molecule has 0 spiro atoms. The highest BCUT2D eigenvalue weighted by Gasteiger charge is 2.33. The summed E-state index contributed by atoms with van der Waals surface area (Å²) in [5.74, 6) is -0.927. The lowest BCUT2D eigenvalue weighted by Crippen LogP contribution is -2.46. The van der Waals surface area contributed by atoms with Crippen molar-refractivity contribution in [2.45, 2.75) is 18.9 Å². The van der Waals surface area contributed by atoms with Crippen LogP contribution in [0.3, 0.4) is 0 Å². The van der Waals surface area contributed by atoms with E-state index in [2.05, 4.69) is 15.4 Å². The van der Waals surface area contributed by atoms with Crippen LogP contribution in [0.4, 0.5) is 4.79 Å². The molecule has 118 valence electrons. The van der Waals surface area contributed by atoms with Crippen LogP contribution in [-0.4, -0.2) is 80.1 Å². The van der Waals surface area contributed by atoms with Gasteiger partial charge in [0.2, 0.25) is 0 Å². The fourth-order valence-electron chi connectivity index (χ4n) is 2.61. The number of ether oxygens (including phenoxy) is 1. The number of nitrogens with zero attached hydrogens (tertiary/aromatic N) is 2.